The van der Waals surface area contributed by atoms with Crippen LogP contribution in [-0.4, -0.2) is 16.9 Å². The number of benzene rings is 1. The molecule has 0 spiro atoms. The van der Waals surface area contributed by atoms with Crippen LogP contribution in [0.15, 0.2) is 12.1 Å². The molecule has 0 saturated carbocycles. The minimum atomic E-state index is -0.649. The highest BCUT2D eigenvalue weighted by molar-refractivity contribution is 6.44. The summed E-state index contributed by atoms with van der Waals surface area (Å²) in [5.74, 6) is 1.85. The summed E-state index contributed by atoms with van der Waals surface area (Å²) in [5, 5.41) is 13.2. The lowest BCUT2D eigenvalue weighted by atomic mass is 10.1. The van der Waals surface area contributed by atoms with Crippen LogP contribution in [0.5, 0.6) is 0 Å². The Morgan fingerprint density at radius 1 is 1.55 bits per heavy atom. The smallest absolute Gasteiger partial charge is 0.271 e. The fraction of sp³-hybridized carbons (Fsp3) is 0.308. The van der Waals surface area contributed by atoms with Crippen molar-refractivity contribution in [1.82, 2.24) is 5.32 Å². The van der Waals surface area contributed by atoms with E-state index in [0.29, 0.717) is 6.42 Å². The van der Waals surface area contributed by atoms with Gasteiger partial charge >= 0.3 is 0 Å². The molecule has 0 radical (unpaired) electrons. The number of carbonyl (C=O) groups excluding carboxylic acids is 1. The molecule has 1 aromatic carbocycles. The second-order valence-corrected chi connectivity index (χ2v) is 4.81. The van der Waals surface area contributed by atoms with Crippen LogP contribution >= 0.6 is 23.2 Å². The Balaban J connectivity index is 3.09. The molecule has 1 unspecified atom stereocenters. The van der Waals surface area contributed by atoms with Gasteiger partial charge in [0.2, 0.25) is 0 Å². The molecule has 1 rings (SSSR count). The highest BCUT2D eigenvalue weighted by Gasteiger charge is 2.20. The fourth-order valence-corrected chi connectivity index (χ4v) is 1.98. The van der Waals surface area contributed by atoms with Crippen LogP contribution in [0.4, 0.5) is 5.69 Å². The third kappa shape index (κ3) is 3.86. The minimum Gasteiger partial charge on any atom is -0.338 e. The molecule has 5 nitrogen and oxygen atoms in total. The number of terminal acetylenes is 1. The normalized spacial score (nSPS) is 11.5. The summed E-state index contributed by atoms with van der Waals surface area (Å²) in [6, 6.07) is 1.70. The second kappa shape index (κ2) is 7.13. The van der Waals surface area contributed by atoms with Gasteiger partial charge in [0, 0.05) is 12.1 Å². The van der Waals surface area contributed by atoms with Crippen molar-refractivity contribution in [2.75, 3.05) is 0 Å². The van der Waals surface area contributed by atoms with Crippen LogP contribution in [0.1, 0.15) is 30.1 Å². The number of hydrogen-bond donors (Lipinski definition) is 1. The van der Waals surface area contributed by atoms with Gasteiger partial charge in [0.1, 0.15) is 0 Å². The lowest BCUT2D eigenvalue weighted by Crippen LogP contribution is -2.33. The first-order valence-corrected chi connectivity index (χ1v) is 6.56. The summed E-state index contributed by atoms with van der Waals surface area (Å²) in [7, 11) is 0. The van der Waals surface area contributed by atoms with Gasteiger partial charge in [-0.1, -0.05) is 42.5 Å². The van der Waals surface area contributed by atoms with E-state index in [4.69, 9.17) is 29.6 Å². The molecule has 1 amide bonds. The standard InChI is InChI=1S/C13H12Cl2N2O3/c1-3-5-8(4-2)16-13(18)10-6-9(17(19)20)7-11(14)12(10)15/h2,6-8H,3,5H2,1H3,(H,16,18). The number of amides is 1. The average molecular weight is 315 g/mol. The third-order valence-electron chi connectivity index (χ3n) is 2.55. The predicted molar refractivity (Wildman–Crippen MR) is 78.1 cm³/mol. The first-order chi connectivity index (χ1) is 9.40. The predicted octanol–water partition coefficient (Wildman–Crippen LogP) is 3.43. The molecule has 20 heavy (non-hydrogen) atoms. The topological polar surface area (TPSA) is 72.2 Å². The molecule has 0 fully saturated rings. The van der Waals surface area contributed by atoms with Gasteiger partial charge in [0.05, 0.1) is 26.6 Å². The number of nitrogens with one attached hydrogen (secondary N) is 1. The van der Waals surface area contributed by atoms with Gasteiger partial charge in [0.25, 0.3) is 11.6 Å². The summed E-state index contributed by atoms with van der Waals surface area (Å²) < 4.78 is 0. The Hall–Kier alpha value is -1.77. The lowest BCUT2D eigenvalue weighted by molar-refractivity contribution is -0.384. The summed E-state index contributed by atoms with van der Waals surface area (Å²) in [5.41, 5.74) is -0.375. The van der Waals surface area contributed by atoms with E-state index in [0.717, 1.165) is 18.6 Å². The summed E-state index contributed by atoms with van der Waals surface area (Å²) in [6.45, 7) is 1.92. The number of non-ortho nitro benzene ring substituents is 1. The molecule has 7 heteroatoms. The van der Waals surface area contributed by atoms with Crippen molar-refractivity contribution in [3.8, 4) is 12.3 Å². The fourth-order valence-electron chi connectivity index (χ4n) is 1.57. The van der Waals surface area contributed by atoms with Crippen LogP contribution in [-0.2, 0) is 0 Å². The van der Waals surface area contributed by atoms with E-state index in [1.165, 1.54) is 0 Å². The maximum atomic E-state index is 12.1. The van der Waals surface area contributed by atoms with Gasteiger partial charge in [-0.15, -0.1) is 6.42 Å². The van der Waals surface area contributed by atoms with Crippen LogP contribution < -0.4 is 5.32 Å². The van der Waals surface area contributed by atoms with Crippen molar-refractivity contribution in [2.45, 2.75) is 25.8 Å². The largest absolute Gasteiger partial charge is 0.338 e. The van der Waals surface area contributed by atoms with Crippen molar-refractivity contribution in [2.24, 2.45) is 0 Å². The van der Waals surface area contributed by atoms with Gasteiger partial charge in [-0.3, -0.25) is 14.9 Å². The maximum absolute atomic E-state index is 12.1. The van der Waals surface area contributed by atoms with Gasteiger partial charge in [-0.2, -0.15) is 0 Å². The summed E-state index contributed by atoms with van der Waals surface area (Å²) in [4.78, 5) is 22.2. The molecule has 1 atom stereocenters. The molecule has 0 aliphatic heterocycles. The first-order valence-electron chi connectivity index (χ1n) is 5.81. The number of nitrogens with zero attached hydrogens (tertiary/aromatic N) is 1. The van der Waals surface area contributed by atoms with E-state index in [1.54, 1.807) is 0 Å². The van der Waals surface area contributed by atoms with Gasteiger partial charge in [0.15, 0.2) is 0 Å². The Morgan fingerprint density at radius 2 is 2.20 bits per heavy atom. The highest BCUT2D eigenvalue weighted by atomic mass is 35.5. The van der Waals surface area contributed by atoms with Crippen molar-refractivity contribution in [3.05, 3.63) is 37.9 Å². The molecule has 0 aromatic heterocycles. The summed E-state index contributed by atoms with van der Waals surface area (Å²) in [6.07, 6.45) is 6.69. The van der Waals surface area contributed by atoms with Crippen molar-refractivity contribution in [3.63, 3.8) is 0 Å². The van der Waals surface area contributed by atoms with E-state index in [1.807, 2.05) is 6.92 Å². The monoisotopic (exact) mass is 314 g/mol. The summed E-state index contributed by atoms with van der Waals surface area (Å²) >= 11 is 11.7. The quantitative estimate of drug-likeness (QED) is 0.514. The number of rotatable bonds is 5. The zero-order chi connectivity index (χ0) is 15.3. The Labute approximate surface area is 126 Å². The number of halogens is 2. The van der Waals surface area contributed by atoms with E-state index in [9.17, 15) is 14.9 Å². The molecule has 1 aromatic rings. The Bertz CT molecular complexity index is 582. The minimum absolute atomic E-state index is 0.0398. The highest BCUT2D eigenvalue weighted by Crippen LogP contribution is 2.30. The first kappa shape index (κ1) is 16.3. The van der Waals surface area contributed by atoms with Crippen LogP contribution in [0.2, 0.25) is 10.0 Å². The molecule has 0 aliphatic rings. The molecule has 106 valence electrons. The zero-order valence-electron chi connectivity index (χ0n) is 10.7. The molecule has 0 bridgehead atoms. The average Bonchev–Trinajstić information content (AvgIpc) is 2.40. The lowest BCUT2D eigenvalue weighted by Gasteiger charge is -2.13. The SMILES string of the molecule is C#CC(CCC)NC(=O)c1cc([N+](=O)[O-])cc(Cl)c1Cl. The van der Waals surface area contributed by atoms with Gasteiger partial charge in [-0.05, 0) is 6.42 Å². The van der Waals surface area contributed by atoms with E-state index >= 15 is 0 Å². The van der Waals surface area contributed by atoms with E-state index in [2.05, 4.69) is 11.2 Å². The van der Waals surface area contributed by atoms with Crippen molar-refractivity contribution in [1.29, 1.82) is 0 Å². The van der Waals surface area contributed by atoms with Crippen molar-refractivity contribution < 1.29 is 9.72 Å². The zero-order valence-corrected chi connectivity index (χ0v) is 12.2. The van der Waals surface area contributed by atoms with Gasteiger partial charge in [-0.25, -0.2) is 0 Å². The molecule has 1 N–H and O–H groups in total. The molecular formula is C13H12Cl2N2O3. The van der Waals surface area contributed by atoms with Gasteiger partial charge < -0.3 is 5.32 Å². The number of hydrogen-bond acceptors (Lipinski definition) is 3. The van der Waals surface area contributed by atoms with Crippen LogP contribution in [0.3, 0.4) is 0 Å². The van der Waals surface area contributed by atoms with Crippen molar-refractivity contribution >= 4 is 34.8 Å². The Morgan fingerprint density at radius 3 is 2.70 bits per heavy atom. The number of nitro groups is 1. The molecule has 0 heterocycles. The number of nitro benzene ring substituents is 1. The van der Waals surface area contributed by atoms with Crippen LogP contribution in [0.25, 0.3) is 0 Å². The second-order valence-electron chi connectivity index (χ2n) is 4.03. The third-order valence-corrected chi connectivity index (χ3v) is 3.35. The Kier molecular flexibility index (Phi) is 5.81. The number of carbonyl (C=O) groups is 1. The molecular weight excluding hydrogens is 303 g/mol. The van der Waals surface area contributed by atoms with E-state index < -0.39 is 16.9 Å². The molecule has 0 saturated heterocycles. The maximum Gasteiger partial charge on any atom is 0.271 e. The van der Waals surface area contributed by atoms with E-state index in [-0.39, 0.29) is 21.3 Å². The molecule has 0 aliphatic carbocycles. The van der Waals surface area contributed by atoms with Crippen LogP contribution in [0, 0.1) is 22.5 Å².